The number of hydrogen-bond acceptors (Lipinski definition) is 2. The van der Waals surface area contributed by atoms with Crippen LogP contribution in [-0.2, 0) is 0 Å². The first-order chi connectivity index (χ1) is 38.7. The minimum absolute atomic E-state index is 1.07. The van der Waals surface area contributed by atoms with E-state index in [1.165, 1.54) is 75.1 Å². The lowest BCUT2D eigenvalue weighted by Crippen LogP contribution is -2.10. The molecule has 0 spiro atoms. The minimum atomic E-state index is 1.07. The van der Waals surface area contributed by atoms with Crippen molar-refractivity contribution in [2.75, 3.05) is 9.80 Å². The molecule has 0 unspecified atom stereocenters. The third-order valence-corrected chi connectivity index (χ3v) is 14.8. The van der Waals surface area contributed by atoms with Gasteiger partial charge in [0.1, 0.15) is 0 Å². The molecule has 13 rings (SSSR count). The van der Waals surface area contributed by atoms with Crippen molar-refractivity contribution in [3.63, 3.8) is 0 Å². The van der Waals surface area contributed by atoms with Crippen molar-refractivity contribution in [3.8, 4) is 0 Å². The molecule has 0 fully saturated rings. The maximum absolute atomic E-state index is 2.41. The summed E-state index contributed by atoms with van der Waals surface area (Å²) >= 11 is 0. The molecule has 0 saturated carbocycles. The van der Waals surface area contributed by atoms with E-state index in [9.17, 15) is 0 Å². The summed E-state index contributed by atoms with van der Waals surface area (Å²) in [5, 5.41) is 9.51. The van der Waals surface area contributed by atoms with Gasteiger partial charge < -0.3 is 9.80 Å². The first-order valence-electron chi connectivity index (χ1n) is 26.7. The highest BCUT2D eigenvalue weighted by Crippen LogP contribution is 2.38. The third kappa shape index (κ3) is 9.56. The Morgan fingerprint density at radius 2 is 0.423 bits per heavy atom. The lowest BCUT2D eigenvalue weighted by molar-refractivity contribution is 1.23. The highest BCUT2D eigenvalue weighted by Gasteiger charge is 2.17. The number of fused-ring (bicyclic) bond motifs is 4. The lowest BCUT2D eigenvalue weighted by atomic mass is 9.95. The molecule has 12 aromatic rings. The summed E-state index contributed by atoms with van der Waals surface area (Å²) in [6.07, 6.45) is 4.60. The number of benzene rings is 12. The monoisotopic (exact) mass is 994 g/mol. The topological polar surface area (TPSA) is 6.48 Å². The molecule has 0 radical (unpaired) electrons. The summed E-state index contributed by atoms with van der Waals surface area (Å²) < 4.78 is 0. The molecule has 78 heavy (non-hydrogen) atoms. The second kappa shape index (κ2) is 21.5. The zero-order valence-electron chi connectivity index (χ0n) is 43.1. The molecule has 2 nitrogen and oxygen atoms in total. The van der Waals surface area contributed by atoms with Gasteiger partial charge in [-0.1, -0.05) is 243 Å². The Balaban J connectivity index is 0.994. The van der Waals surface area contributed by atoms with Crippen LogP contribution in [0.15, 0.2) is 315 Å². The van der Waals surface area contributed by atoms with E-state index >= 15 is 0 Å². The van der Waals surface area contributed by atoms with Gasteiger partial charge in [-0.25, -0.2) is 0 Å². The molecule has 0 aromatic heterocycles. The van der Waals surface area contributed by atoms with Crippen LogP contribution in [-0.4, -0.2) is 0 Å². The van der Waals surface area contributed by atoms with Gasteiger partial charge >= 0.3 is 0 Å². The largest absolute Gasteiger partial charge is 0.310 e. The number of hydrogen-bond donors (Lipinski definition) is 0. The molecule has 0 amide bonds. The molecule has 0 heterocycles. The molecular weight excluding hydrogens is 941 g/mol. The van der Waals surface area contributed by atoms with E-state index in [2.05, 4.69) is 337 Å². The van der Waals surface area contributed by atoms with E-state index < -0.39 is 0 Å². The summed E-state index contributed by atoms with van der Waals surface area (Å²) in [6.45, 7) is 0. The fraction of sp³-hybridized carbons (Fsp3) is 0. The van der Waals surface area contributed by atoms with Crippen LogP contribution >= 0.6 is 0 Å². The summed E-state index contributed by atoms with van der Waals surface area (Å²) in [6, 6.07) is 114. The van der Waals surface area contributed by atoms with Crippen LogP contribution in [0.25, 0.3) is 23.3 Å². The molecule has 12 aromatic carbocycles. The molecule has 0 aliphatic heterocycles. The predicted molar refractivity (Wildman–Crippen MR) is 326 cm³/mol. The molecule has 2 heteroatoms. The normalized spacial score (nSPS) is 11.1. The molecule has 368 valence electrons. The molecule has 0 N–H and O–H groups in total. The van der Waals surface area contributed by atoms with Crippen molar-refractivity contribution in [2.24, 2.45) is 0 Å². The second-order valence-corrected chi connectivity index (χ2v) is 19.7. The molecule has 0 saturated heterocycles. The van der Waals surface area contributed by atoms with Gasteiger partial charge in [-0.05, 0) is 171 Å². The van der Waals surface area contributed by atoms with Crippen LogP contribution in [0.3, 0.4) is 0 Å². The quantitative estimate of drug-likeness (QED) is 0.113. The fourth-order valence-electron chi connectivity index (χ4n) is 11.1. The first-order valence-corrected chi connectivity index (χ1v) is 26.7. The van der Waals surface area contributed by atoms with E-state index in [1.54, 1.807) is 0 Å². The number of nitrogens with zero attached hydrogens (tertiary/aromatic N) is 2. The Labute approximate surface area is 455 Å². The highest BCUT2D eigenvalue weighted by molar-refractivity contribution is 5.93. The van der Waals surface area contributed by atoms with E-state index in [0.717, 1.165) is 45.3 Å². The van der Waals surface area contributed by atoms with Crippen molar-refractivity contribution in [2.45, 2.75) is 0 Å². The zero-order chi connectivity index (χ0) is 52.0. The Bertz CT molecular complexity index is 4250. The van der Waals surface area contributed by atoms with Crippen molar-refractivity contribution in [1.29, 1.82) is 0 Å². The third-order valence-electron chi connectivity index (χ3n) is 14.8. The Morgan fingerprint density at radius 3 is 0.744 bits per heavy atom. The molecule has 1 aliphatic rings. The molecule has 0 atom stereocenters. The maximum atomic E-state index is 2.41. The average molecular weight is 995 g/mol. The van der Waals surface area contributed by atoms with Gasteiger partial charge in [0.2, 0.25) is 0 Å². The van der Waals surface area contributed by atoms with Crippen LogP contribution in [0.4, 0.5) is 34.1 Å². The smallest absolute Gasteiger partial charge is 0.0468 e. The zero-order valence-corrected chi connectivity index (χ0v) is 43.1. The van der Waals surface area contributed by atoms with Crippen LogP contribution in [0.5, 0.6) is 0 Å². The number of para-hydroxylation sites is 2. The van der Waals surface area contributed by atoms with Gasteiger partial charge in [0, 0.05) is 34.1 Å². The summed E-state index contributed by atoms with van der Waals surface area (Å²) in [7, 11) is 0. The number of rotatable bonds is 12. The summed E-state index contributed by atoms with van der Waals surface area (Å²) in [4.78, 5) is 4.77. The van der Waals surface area contributed by atoms with Gasteiger partial charge in [-0.3, -0.25) is 0 Å². The minimum Gasteiger partial charge on any atom is -0.310 e. The van der Waals surface area contributed by atoms with Crippen LogP contribution in [0, 0.1) is 41.7 Å². The van der Waals surface area contributed by atoms with E-state index in [0.29, 0.717) is 0 Å². The van der Waals surface area contributed by atoms with Gasteiger partial charge in [0.05, 0.1) is 0 Å². The van der Waals surface area contributed by atoms with Crippen molar-refractivity contribution < 1.29 is 0 Å². The van der Waals surface area contributed by atoms with Crippen LogP contribution < -0.4 is 9.80 Å². The van der Waals surface area contributed by atoms with Crippen molar-refractivity contribution >= 4 is 57.4 Å². The fourth-order valence-corrected chi connectivity index (χ4v) is 11.1. The Morgan fingerprint density at radius 1 is 0.192 bits per heavy atom. The summed E-state index contributed by atoms with van der Waals surface area (Å²) in [5.41, 5.74) is 15.8. The predicted octanol–water partition coefficient (Wildman–Crippen LogP) is 19.3. The average Bonchev–Trinajstić information content (AvgIpc) is 3.61. The van der Waals surface area contributed by atoms with Crippen molar-refractivity contribution in [3.05, 3.63) is 391 Å². The van der Waals surface area contributed by atoms with Gasteiger partial charge in [0.15, 0.2) is 0 Å². The molecule has 0 bridgehead atoms. The van der Waals surface area contributed by atoms with E-state index in [4.69, 9.17) is 0 Å². The van der Waals surface area contributed by atoms with Gasteiger partial charge in [-0.15, -0.1) is 0 Å². The van der Waals surface area contributed by atoms with Gasteiger partial charge in [-0.2, -0.15) is 0 Å². The Kier molecular flexibility index (Phi) is 13.1. The van der Waals surface area contributed by atoms with Gasteiger partial charge in [0.25, 0.3) is 0 Å². The molecule has 1 aliphatic carbocycles. The van der Waals surface area contributed by atoms with Crippen LogP contribution in [0.1, 0.15) is 33.4 Å². The number of anilines is 6. The maximum Gasteiger partial charge on any atom is 0.0468 e. The van der Waals surface area contributed by atoms with Crippen LogP contribution in [0.2, 0.25) is 0 Å². The first kappa shape index (κ1) is 47.4. The van der Waals surface area contributed by atoms with E-state index in [-0.39, 0.29) is 0 Å². The molecular formula is C76H54N2. The highest BCUT2D eigenvalue weighted by atomic mass is 15.1. The second-order valence-electron chi connectivity index (χ2n) is 19.7. The Hall–Kier alpha value is -10.3. The summed E-state index contributed by atoms with van der Waals surface area (Å²) in [5.74, 6) is 0. The standard InChI is InChI=1S/C76H54N2/c1-7-23-57(24-8-1)73(58-25-9-2-10-26-58)51-55-39-43-63(44-40-55)77(61-31-15-5-16-32-61)65-47-49-71-69-37-20-19-35-67(69)68-36-21-22-38-70(68)75-53-66(48-50-72(75)76(71)54-65)78(62-33-17-6-18-34-62)64-45-41-56(42-46-64)52-74(59-27-11-3-12-28-59)60-29-13-4-14-30-60/h1-54H. The lowest BCUT2D eigenvalue weighted by Gasteiger charge is -2.26. The SMILES string of the molecule is C(=C(c1ccccc1)c1ccccc1)c1ccc(N(c2ccccc2)c2ccc3c(c2)=c2ccc(N(c4ccccc4)c4ccc(C=C(c5ccccc5)c5ccccc5)cc4)cc2=c2ccccc2=c2ccccc2=3)cc1. The van der Waals surface area contributed by atoms with Crippen molar-refractivity contribution in [1.82, 2.24) is 0 Å². The van der Waals surface area contributed by atoms with E-state index in [1.807, 2.05) is 0 Å².